The normalized spacial score (nSPS) is 10.3. The smallest absolute Gasteiger partial charge is 0.127 e. The van der Waals surface area contributed by atoms with Crippen molar-refractivity contribution >= 4 is 11.6 Å². The van der Waals surface area contributed by atoms with Crippen LogP contribution in [0, 0.1) is 5.82 Å². The molecule has 0 aromatic heterocycles. The number of hydrogen-bond acceptors (Lipinski definition) is 2. The van der Waals surface area contributed by atoms with E-state index in [1.165, 1.54) is 19.2 Å². The summed E-state index contributed by atoms with van der Waals surface area (Å²) in [5.41, 5.74) is 1.15. The van der Waals surface area contributed by atoms with Crippen LogP contribution in [-0.4, -0.2) is 12.2 Å². The Morgan fingerprint density at radius 3 is 2.59 bits per heavy atom. The zero-order valence-corrected chi connectivity index (χ0v) is 9.83. The first kappa shape index (κ1) is 11.7. The minimum atomic E-state index is -0.512. The van der Waals surface area contributed by atoms with Gasteiger partial charge in [-0.25, -0.2) is 4.39 Å². The fourth-order valence-corrected chi connectivity index (χ4v) is 1.81. The van der Waals surface area contributed by atoms with Gasteiger partial charge in [-0.2, -0.15) is 0 Å². The summed E-state index contributed by atoms with van der Waals surface area (Å²) in [6.45, 7) is 0. The third-order valence-corrected chi connectivity index (χ3v) is 2.59. The summed E-state index contributed by atoms with van der Waals surface area (Å²) in [4.78, 5) is 0. The van der Waals surface area contributed by atoms with Crippen LogP contribution in [0.1, 0.15) is 0 Å². The van der Waals surface area contributed by atoms with Crippen LogP contribution in [0.15, 0.2) is 36.4 Å². The van der Waals surface area contributed by atoms with E-state index < -0.39 is 5.82 Å². The Balaban J connectivity index is 2.62. The van der Waals surface area contributed by atoms with Crippen molar-refractivity contribution in [3.63, 3.8) is 0 Å². The maximum Gasteiger partial charge on any atom is 0.127 e. The molecule has 0 bridgehead atoms. The molecule has 0 aliphatic carbocycles. The van der Waals surface area contributed by atoms with Gasteiger partial charge in [-0.3, -0.25) is 0 Å². The van der Waals surface area contributed by atoms with Crippen LogP contribution in [0.5, 0.6) is 11.5 Å². The lowest BCUT2D eigenvalue weighted by Gasteiger charge is -2.09. The van der Waals surface area contributed by atoms with Crippen molar-refractivity contribution in [2.75, 3.05) is 7.11 Å². The highest BCUT2D eigenvalue weighted by atomic mass is 35.5. The molecular formula is C13H10ClFO2. The molecule has 1 N–H and O–H groups in total. The molecule has 0 amide bonds. The lowest BCUT2D eigenvalue weighted by molar-refractivity contribution is 0.416. The van der Waals surface area contributed by atoms with E-state index in [-0.39, 0.29) is 5.75 Å². The highest BCUT2D eigenvalue weighted by Gasteiger charge is 2.09. The standard InChI is InChI=1S/C13H10ClFO2/c1-17-13-3-2-9(14)6-12(13)8-4-10(15)7-11(16)5-8/h2-7,16H,1H3. The Hall–Kier alpha value is -1.74. The number of hydrogen-bond donors (Lipinski definition) is 1. The Kier molecular flexibility index (Phi) is 3.20. The second-order valence-electron chi connectivity index (χ2n) is 3.54. The van der Waals surface area contributed by atoms with Gasteiger partial charge in [0.15, 0.2) is 0 Å². The van der Waals surface area contributed by atoms with Crippen molar-refractivity contribution in [2.24, 2.45) is 0 Å². The number of ether oxygens (including phenoxy) is 1. The average molecular weight is 253 g/mol. The first-order valence-corrected chi connectivity index (χ1v) is 5.31. The predicted molar refractivity (Wildman–Crippen MR) is 65.1 cm³/mol. The van der Waals surface area contributed by atoms with E-state index >= 15 is 0 Å². The summed E-state index contributed by atoms with van der Waals surface area (Å²) >= 11 is 5.89. The maximum atomic E-state index is 13.2. The maximum absolute atomic E-state index is 13.2. The molecule has 0 aliphatic heterocycles. The molecule has 0 fully saturated rings. The van der Waals surface area contributed by atoms with E-state index in [2.05, 4.69) is 0 Å². The third kappa shape index (κ3) is 2.50. The number of methoxy groups -OCH3 is 1. The predicted octanol–water partition coefficient (Wildman–Crippen LogP) is 3.86. The van der Waals surface area contributed by atoms with Crippen LogP contribution in [0.2, 0.25) is 5.02 Å². The largest absolute Gasteiger partial charge is 0.508 e. The zero-order valence-electron chi connectivity index (χ0n) is 9.08. The molecule has 2 rings (SSSR count). The summed E-state index contributed by atoms with van der Waals surface area (Å²) in [5, 5.41) is 9.89. The third-order valence-electron chi connectivity index (χ3n) is 2.36. The highest BCUT2D eigenvalue weighted by Crippen LogP contribution is 2.34. The molecule has 0 saturated heterocycles. The van der Waals surface area contributed by atoms with E-state index in [4.69, 9.17) is 16.3 Å². The quantitative estimate of drug-likeness (QED) is 0.879. The van der Waals surface area contributed by atoms with Crippen LogP contribution in [0.25, 0.3) is 11.1 Å². The van der Waals surface area contributed by atoms with Gasteiger partial charge in [0.1, 0.15) is 17.3 Å². The fourth-order valence-electron chi connectivity index (χ4n) is 1.64. The van der Waals surface area contributed by atoms with Gasteiger partial charge in [-0.15, -0.1) is 0 Å². The molecule has 0 unspecified atom stereocenters. The Morgan fingerprint density at radius 1 is 1.18 bits per heavy atom. The molecule has 0 atom stereocenters. The van der Waals surface area contributed by atoms with E-state index in [1.807, 2.05) is 0 Å². The van der Waals surface area contributed by atoms with E-state index in [1.54, 1.807) is 18.2 Å². The summed E-state index contributed by atoms with van der Waals surface area (Å²) in [7, 11) is 1.52. The monoisotopic (exact) mass is 252 g/mol. The minimum Gasteiger partial charge on any atom is -0.508 e. The van der Waals surface area contributed by atoms with Crippen molar-refractivity contribution in [1.82, 2.24) is 0 Å². The Morgan fingerprint density at radius 2 is 1.94 bits per heavy atom. The topological polar surface area (TPSA) is 29.5 Å². The molecule has 2 nitrogen and oxygen atoms in total. The molecule has 2 aromatic carbocycles. The van der Waals surface area contributed by atoms with Crippen LogP contribution in [0.4, 0.5) is 4.39 Å². The van der Waals surface area contributed by atoms with Crippen LogP contribution >= 0.6 is 11.6 Å². The van der Waals surface area contributed by atoms with Gasteiger partial charge in [0.25, 0.3) is 0 Å². The number of halogens is 2. The fraction of sp³-hybridized carbons (Fsp3) is 0.0769. The van der Waals surface area contributed by atoms with Crippen LogP contribution in [0.3, 0.4) is 0 Å². The lowest BCUT2D eigenvalue weighted by Crippen LogP contribution is -1.88. The molecule has 2 aromatic rings. The van der Waals surface area contributed by atoms with E-state index in [0.29, 0.717) is 21.9 Å². The van der Waals surface area contributed by atoms with E-state index in [9.17, 15) is 9.50 Å². The molecule has 0 radical (unpaired) electrons. The van der Waals surface area contributed by atoms with Gasteiger partial charge in [-0.1, -0.05) is 11.6 Å². The van der Waals surface area contributed by atoms with Crippen molar-refractivity contribution in [3.8, 4) is 22.6 Å². The molecule has 0 heterocycles. The summed E-state index contributed by atoms with van der Waals surface area (Å²) in [6.07, 6.45) is 0. The van der Waals surface area contributed by atoms with Crippen molar-refractivity contribution in [2.45, 2.75) is 0 Å². The summed E-state index contributed by atoms with van der Waals surface area (Å²) in [5.74, 6) is -0.0801. The Bertz CT molecular complexity index is 535. The molecule has 17 heavy (non-hydrogen) atoms. The van der Waals surface area contributed by atoms with Gasteiger partial charge in [0.05, 0.1) is 7.11 Å². The van der Waals surface area contributed by atoms with Crippen LogP contribution < -0.4 is 4.74 Å². The summed E-state index contributed by atoms with van der Waals surface area (Å²) < 4.78 is 18.4. The number of phenols is 1. The van der Waals surface area contributed by atoms with Gasteiger partial charge < -0.3 is 9.84 Å². The average Bonchev–Trinajstić information content (AvgIpc) is 2.27. The molecular weight excluding hydrogens is 243 g/mol. The van der Waals surface area contributed by atoms with E-state index in [0.717, 1.165) is 6.07 Å². The van der Waals surface area contributed by atoms with Crippen molar-refractivity contribution in [1.29, 1.82) is 0 Å². The molecule has 0 saturated carbocycles. The van der Waals surface area contributed by atoms with Crippen LogP contribution in [-0.2, 0) is 0 Å². The van der Waals surface area contributed by atoms with Gasteiger partial charge in [0, 0.05) is 16.7 Å². The second kappa shape index (κ2) is 4.63. The van der Waals surface area contributed by atoms with Gasteiger partial charge in [0.2, 0.25) is 0 Å². The van der Waals surface area contributed by atoms with Crippen molar-refractivity contribution < 1.29 is 14.2 Å². The minimum absolute atomic E-state index is 0.137. The number of aromatic hydroxyl groups is 1. The first-order valence-electron chi connectivity index (χ1n) is 4.93. The summed E-state index contributed by atoms with van der Waals surface area (Å²) in [6, 6.07) is 8.85. The highest BCUT2D eigenvalue weighted by molar-refractivity contribution is 6.31. The van der Waals surface area contributed by atoms with Gasteiger partial charge in [-0.05, 0) is 35.9 Å². The number of benzene rings is 2. The number of rotatable bonds is 2. The van der Waals surface area contributed by atoms with Crippen molar-refractivity contribution in [3.05, 3.63) is 47.2 Å². The lowest BCUT2D eigenvalue weighted by atomic mass is 10.0. The van der Waals surface area contributed by atoms with Gasteiger partial charge >= 0.3 is 0 Å². The second-order valence-corrected chi connectivity index (χ2v) is 3.98. The molecule has 0 aliphatic rings. The SMILES string of the molecule is COc1ccc(Cl)cc1-c1cc(O)cc(F)c1. The zero-order chi connectivity index (χ0) is 12.4. The Labute approximate surface area is 103 Å². The molecule has 88 valence electrons. The number of phenolic OH excluding ortho intramolecular Hbond substituents is 1. The molecule has 0 spiro atoms. The first-order chi connectivity index (χ1) is 8.10. The molecule has 4 heteroatoms.